The lowest BCUT2D eigenvalue weighted by atomic mass is 10.2. The molecule has 0 heterocycles. The van der Waals surface area contributed by atoms with Gasteiger partial charge in [-0.3, -0.25) is 0 Å². The Morgan fingerprint density at radius 2 is 2.36 bits per heavy atom. The summed E-state index contributed by atoms with van der Waals surface area (Å²) in [5.74, 6) is -0.0598. The number of hydrogen-bond donors (Lipinski definition) is 2. The van der Waals surface area contributed by atoms with Crippen LogP contribution < -0.4 is 10.5 Å². The number of rotatable bonds is 3. The van der Waals surface area contributed by atoms with Gasteiger partial charge < -0.3 is 15.7 Å². The SMILES string of the molecule is Cc1ccc(F)cc1OC/C(N)=N/O. The lowest BCUT2D eigenvalue weighted by molar-refractivity contribution is 0.305. The van der Waals surface area contributed by atoms with Crippen molar-refractivity contribution in [2.24, 2.45) is 10.9 Å². The van der Waals surface area contributed by atoms with Crippen molar-refractivity contribution in [3.8, 4) is 5.75 Å². The first kappa shape index (κ1) is 10.3. The normalized spacial score (nSPS) is 11.4. The van der Waals surface area contributed by atoms with Crippen LogP contribution in [0.1, 0.15) is 5.56 Å². The number of aryl methyl sites for hydroxylation is 1. The quantitative estimate of drug-likeness (QED) is 0.332. The van der Waals surface area contributed by atoms with E-state index in [1.807, 2.05) is 0 Å². The van der Waals surface area contributed by atoms with Crippen LogP contribution in [0.4, 0.5) is 4.39 Å². The number of nitrogens with two attached hydrogens (primary N) is 1. The van der Waals surface area contributed by atoms with Crippen LogP contribution in [0.25, 0.3) is 0 Å². The third-order valence-electron chi connectivity index (χ3n) is 1.65. The molecule has 1 aromatic rings. The zero-order valence-corrected chi connectivity index (χ0v) is 7.70. The molecule has 3 N–H and O–H groups in total. The number of nitrogens with zero attached hydrogens (tertiary/aromatic N) is 1. The van der Waals surface area contributed by atoms with E-state index in [1.165, 1.54) is 12.1 Å². The zero-order valence-electron chi connectivity index (χ0n) is 7.70. The molecule has 0 aliphatic heterocycles. The summed E-state index contributed by atoms with van der Waals surface area (Å²) < 4.78 is 17.9. The summed E-state index contributed by atoms with van der Waals surface area (Å²) >= 11 is 0. The van der Waals surface area contributed by atoms with Crippen molar-refractivity contribution in [2.45, 2.75) is 6.92 Å². The van der Waals surface area contributed by atoms with Crippen LogP contribution in [-0.4, -0.2) is 17.6 Å². The van der Waals surface area contributed by atoms with Gasteiger partial charge in [-0.25, -0.2) is 4.39 Å². The largest absolute Gasteiger partial charge is 0.485 e. The van der Waals surface area contributed by atoms with Crippen LogP contribution in [0.2, 0.25) is 0 Å². The fraction of sp³-hybridized carbons (Fsp3) is 0.222. The molecular weight excluding hydrogens is 187 g/mol. The van der Waals surface area contributed by atoms with Crippen LogP contribution in [0.15, 0.2) is 23.4 Å². The van der Waals surface area contributed by atoms with Crippen molar-refractivity contribution in [1.82, 2.24) is 0 Å². The number of hydrogen-bond acceptors (Lipinski definition) is 3. The number of ether oxygens (including phenoxy) is 1. The van der Waals surface area contributed by atoms with Gasteiger partial charge >= 0.3 is 0 Å². The molecule has 76 valence electrons. The Kier molecular flexibility index (Phi) is 3.28. The Bertz CT molecular complexity index is 353. The number of amidine groups is 1. The van der Waals surface area contributed by atoms with Gasteiger partial charge in [-0.15, -0.1) is 0 Å². The second kappa shape index (κ2) is 4.45. The summed E-state index contributed by atoms with van der Waals surface area (Å²) in [5, 5.41) is 11.0. The minimum atomic E-state index is -0.384. The van der Waals surface area contributed by atoms with Gasteiger partial charge in [0.1, 0.15) is 18.2 Å². The molecule has 0 fully saturated rings. The molecule has 0 bridgehead atoms. The molecule has 5 heteroatoms. The van der Waals surface area contributed by atoms with Crippen molar-refractivity contribution in [3.05, 3.63) is 29.6 Å². The van der Waals surface area contributed by atoms with Crippen molar-refractivity contribution < 1.29 is 14.3 Å². The van der Waals surface area contributed by atoms with Crippen molar-refractivity contribution >= 4 is 5.84 Å². The van der Waals surface area contributed by atoms with Gasteiger partial charge in [-0.05, 0) is 18.6 Å². The number of benzene rings is 1. The Balaban J connectivity index is 2.71. The molecule has 0 unspecified atom stereocenters. The summed E-state index contributed by atoms with van der Waals surface area (Å²) in [4.78, 5) is 0. The Hall–Kier alpha value is -1.78. The third kappa shape index (κ3) is 2.62. The van der Waals surface area contributed by atoms with Crippen molar-refractivity contribution in [1.29, 1.82) is 0 Å². The fourth-order valence-electron chi connectivity index (χ4n) is 0.910. The molecule has 0 aromatic heterocycles. The molecule has 0 aliphatic carbocycles. The van der Waals surface area contributed by atoms with Crippen LogP contribution >= 0.6 is 0 Å². The summed E-state index contributed by atoms with van der Waals surface area (Å²) in [6.45, 7) is 1.71. The van der Waals surface area contributed by atoms with E-state index in [4.69, 9.17) is 15.7 Å². The molecule has 0 amide bonds. The molecule has 0 spiro atoms. The molecule has 1 rings (SSSR count). The van der Waals surface area contributed by atoms with Gasteiger partial charge in [-0.1, -0.05) is 11.2 Å². The molecule has 14 heavy (non-hydrogen) atoms. The standard InChI is InChI=1S/C9H11FN2O2/c1-6-2-3-7(10)4-8(6)14-5-9(11)12-13/h2-4,13H,5H2,1H3,(H2,11,12). The van der Waals surface area contributed by atoms with E-state index in [0.717, 1.165) is 5.56 Å². The van der Waals surface area contributed by atoms with Gasteiger partial charge in [0.25, 0.3) is 0 Å². The van der Waals surface area contributed by atoms with Gasteiger partial charge in [0.05, 0.1) is 0 Å². The highest BCUT2D eigenvalue weighted by Gasteiger charge is 2.02. The third-order valence-corrected chi connectivity index (χ3v) is 1.65. The fourth-order valence-corrected chi connectivity index (χ4v) is 0.910. The summed E-state index contributed by atoms with van der Waals surface area (Å²) in [6.07, 6.45) is 0. The molecule has 1 aromatic carbocycles. The highest BCUT2D eigenvalue weighted by atomic mass is 19.1. The predicted molar refractivity (Wildman–Crippen MR) is 50.0 cm³/mol. The lowest BCUT2D eigenvalue weighted by Crippen LogP contribution is -2.21. The topological polar surface area (TPSA) is 67.8 Å². The second-order valence-electron chi connectivity index (χ2n) is 2.79. The van der Waals surface area contributed by atoms with E-state index in [1.54, 1.807) is 13.0 Å². The van der Waals surface area contributed by atoms with Gasteiger partial charge in [0.2, 0.25) is 0 Å². The second-order valence-corrected chi connectivity index (χ2v) is 2.79. The molecule has 0 atom stereocenters. The lowest BCUT2D eigenvalue weighted by Gasteiger charge is -2.07. The first-order valence-corrected chi connectivity index (χ1v) is 3.99. The van der Waals surface area contributed by atoms with Gasteiger partial charge in [0.15, 0.2) is 5.84 Å². The van der Waals surface area contributed by atoms with E-state index in [2.05, 4.69) is 5.16 Å². The van der Waals surface area contributed by atoms with E-state index < -0.39 is 0 Å². The molecular formula is C9H11FN2O2. The smallest absolute Gasteiger partial charge is 0.177 e. The number of halogens is 1. The van der Waals surface area contributed by atoms with Gasteiger partial charge in [-0.2, -0.15) is 0 Å². The number of oxime groups is 1. The molecule has 0 saturated heterocycles. The summed E-state index contributed by atoms with van der Waals surface area (Å²) in [7, 11) is 0. The average Bonchev–Trinajstić information content (AvgIpc) is 2.19. The molecule has 0 radical (unpaired) electrons. The maximum atomic E-state index is 12.8. The minimum absolute atomic E-state index is 0.0614. The monoisotopic (exact) mass is 198 g/mol. The summed E-state index contributed by atoms with van der Waals surface area (Å²) in [5.41, 5.74) is 5.98. The van der Waals surface area contributed by atoms with Gasteiger partial charge in [0, 0.05) is 6.07 Å². The van der Waals surface area contributed by atoms with E-state index >= 15 is 0 Å². The Morgan fingerprint density at radius 3 is 3.00 bits per heavy atom. The van der Waals surface area contributed by atoms with E-state index in [0.29, 0.717) is 5.75 Å². The summed E-state index contributed by atoms with van der Waals surface area (Å²) in [6, 6.07) is 4.18. The molecule has 0 aliphatic rings. The van der Waals surface area contributed by atoms with Crippen LogP contribution in [-0.2, 0) is 0 Å². The maximum absolute atomic E-state index is 12.8. The minimum Gasteiger partial charge on any atom is -0.485 e. The Morgan fingerprint density at radius 1 is 1.64 bits per heavy atom. The van der Waals surface area contributed by atoms with Crippen LogP contribution in [0.3, 0.4) is 0 Å². The molecule has 0 saturated carbocycles. The van der Waals surface area contributed by atoms with Crippen LogP contribution in [0, 0.1) is 12.7 Å². The van der Waals surface area contributed by atoms with Crippen molar-refractivity contribution in [2.75, 3.05) is 6.61 Å². The highest BCUT2D eigenvalue weighted by Crippen LogP contribution is 2.18. The van der Waals surface area contributed by atoms with E-state index in [-0.39, 0.29) is 18.3 Å². The first-order valence-electron chi connectivity index (χ1n) is 3.99. The highest BCUT2D eigenvalue weighted by molar-refractivity contribution is 5.81. The zero-order chi connectivity index (χ0) is 10.6. The Labute approximate surface area is 80.8 Å². The average molecular weight is 198 g/mol. The molecule has 4 nitrogen and oxygen atoms in total. The predicted octanol–water partition coefficient (Wildman–Crippen LogP) is 1.26. The van der Waals surface area contributed by atoms with Crippen molar-refractivity contribution in [3.63, 3.8) is 0 Å². The maximum Gasteiger partial charge on any atom is 0.177 e. The van der Waals surface area contributed by atoms with E-state index in [9.17, 15) is 4.39 Å². The first-order chi connectivity index (χ1) is 6.63. The van der Waals surface area contributed by atoms with Crippen LogP contribution in [0.5, 0.6) is 5.75 Å².